The lowest BCUT2D eigenvalue weighted by Crippen LogP contribution is -2.32. The van der Waals surface area contributed by atoms with Crippen LogP contribution >= 0.6 is 0 Å². The molecule has 0 aromatic carbocycles. The standard InChI is InChI=1S/C14H28O2.C6H15NO3/c1-2-3-4-5-6-7-8-9-10-11-12-13-14(15)16;8-4-1-7(2-5-9)3-6-10/h2-13H2,1H3,(H,15,16);8-10H,1-6H2. The zero-order valence-electron chi connectivity index (χ0n) is 16.9. The fourth-order valence-electron chi connectivity index (χ4n) is 2.70. The molecule has 0 spiro atoms. The monoisotopic (exact) mass is 377 g/mol. The summed E-state index contributed by atoms with van der Waals surface area (Å²) in [5.74, 6) is -0.657. The number of nitrogens with zero attached hydrogens (tertiary/aromatic N) is 1. The summed E-state index contributed by atoms with van der Waals surface area (Å²) in [6.07, 6.45) is 14.4. The van der Waals surface area contributed by atoms with Crippen LogP contribution in [0.1, 0.15) is 84.0 Å². The zero-order chi connectivity index (χ0) is 19.9. The molecule has 0 fully saturated rings. The number of carboxylic acids is 1. The van der Waals surface area contributed by atoms with Gasteiger partial charge in [0.15, 0.2) is 0 Å². The highest BCUT2D eigenvalue weighted by atomic mass is 16.4. The Labute approximate surface area is 160 Å². The molecule has 0 rings (SSSR count). The zero-order valence-corrected chi connectivity index (χ0v) is 16.9. The Kier molecular flexibility index (Phi) is 25.7. The Morgan fingerprint density at radius 2 is 1.00 bits per heavy atom. The van der Waals surface area contributed by atoms with E-state index in [1.54, 1.807) is 4.90 Å². The first-order valence-corrected chi connectivity index (χ1v) is 10.4. The Bertz CT molecular complexity index is 263. The molecule has 0 aliphatic carbocycles. The van der Waals surface area contributed by atoms with Gasteiger partial charge >= 0.3 is 5.97 Å². The molecule has 6 nitrogen and oxygen atoms in total. The van der Waals surface area contributed by atoms with Crippen LogP contribution in [0.15, 0.2) is 0 Å². The van der Waals surface area contributed by atoms with Gasteiger partial charge in [-0.1, -0.05) is 71.1 Å². The van der Waals surface area contributed by atoms with Crippen LogP contribution in [0, 0.1) is 0 Å². The SMILES string of the molecule is CCCCCCCCCCCCCC(=O)O.OCCN(CCO)CCO. The summed E-state index contributed by atoms with van der Waals surface area (Å²) in [6, 6.07) is 0. The molecule has 0 radical (unpaired) electrons. The van der Waals surface area contributed by atoms with Gasteiger partial charge in [0, 0.05) is 26.1 Å². The van der Waals surface area contributed by atoms with Crippen LogP contribution in [0.25, 0.3) is 0 Å². The van der Waals surface area contributed by atoms with Crippen molar-refractivity contribution in [1.29, 1.82) is 0 Å². The predicted octanol–water partition coefficient (Wildman–Crippen LogP) is 3.04. The lowest BCUT2D eigenvalue weighted by Gasteiger charge is -2.17. The minimum atomic E-state index is -0.657. The molecule has 0 atom stereocenters. The minimum Gasteiger partial charge on any atom is -0.481 e. The lowest BCUT2D eigenvalue weighted by molar-refractivity contribution is -0.137. The summed E-state index contributed by atoms with van der Waals surface area (Å²) >= 11 is 0. The van der Waals surface area contributed by atoms with E-state index in [1.807, 2.05) is 0 Å². The lowest BCUT2D eigenvalue weighted by atomic mass is 10.1. The normalized spacial score (nSPS) is 10.7. The summed E-state index contributed by atoms with van der Waals surface area (Å²) in [4.78, 5) is 12.1. The highest BCUT2D eigenvalue weighted by Crippen LogP contribution is 2.11. The van der Waals surface area contributed by atoms with E-state index in [9.17, 15) is 4.79 Å². The fourth-order valence-corrected chi connectivity index (χ4v) is 2.70. The highest BCUT2D eigenvalue weighted by Gasteiger charge is 2.00. The van der Waals surface area contributed by atoms with E-state index in [1.165, 1.54) is 57.8 Å². The largest absolute Gasteiger partial charge is 0.481 e. The first kappa shape index (κ1) is 27.5. The number of carboxylic acid groups (broad SMARTS) is 1. The Balaban J connectivity index is 0. The third-order valence-corrected chi connectivity index (χ3v) is 4.24. The first-order valence-electron chi connectivity index (χ1n) is 10.4. The molecule has 0 aromatic rings. The van der Waals surface area contributed by atoms with Crippen molar-refractivity contribution in [2.24, 2.45) is 0 Å². The Morgan fingerprint density at radius 3 is 1.31 bits per heavy atom. The Hall–Kier alpha value is -0.690. The van der Waals surface area contributed by atoms with Crippen molar-refractivity contribution in [1.82, 2.24) is 4.90 Å². The molecular formula is C20H43NO5. The van der Waals surface area contributed by atoms with E-state index in [4.69, 9.17) is 20.4 Å². The van der Waals surface area contributed by atoms with Crippen molar-refractivity contribution in [3.05, 3.63) is 0 Å². The highest BCUT2D eigenvalue weighted by molar-refractivity contribution is 5.66. The van der Waals surface area contributed by atoms with Gasteiger partial charge in [-0.25, -0.2) is 0 Å². The third-order valence-electron chi connectivity index (χ3n) is 4.24. The van der Waals surface area contributed by atoms with Crippen molar-refractivity contribution in [3.63, 3.8) is 0 Å². The molecule has 0 bridgehead atoms. The summed E-state index contributed by atoms with van der Waals surface area (Å²) in [5, 5.41) is 33.9. The second-order valence-corrected chi connectivity index (χ2v) is 6.69. The van der Waals surface area contributed by atoms with Gasteiger partial charge in [0.1, 0.15) is 0 Å². The number of aliphatic carboxylic acids is 1. The molecule has 0 amide bonds. The molecule has 4 N–H and O–H groups in total. The number of aliphatic hydroxyl groups is 3. The van der Waals surface area contributed by atoms with E-state index >= 15 is 0 Å². The number of rotatable bonds is 18. The maximum absolute atomic E-state index is 10.3. The van der Waals surface area contributed by atoms with Crippen molar-refractivity contribution in [2.45, 2.75) is 84.0 Å². The Morgan fingerprint density at radius 1 is 0.654 bits per heavy atom. The van der Waals surface area contributed by atoms with E-state index in [-0.39, 0.29) is 19.8 Å². The molecule has 0 saturated carbocycles. The topological polar surface area (TPSA) is 101 Å². The quantitative estimate of drug-likeness (QED) is 0.274. The van der Waals surface area contributed by atoms with Crippen LogP contribution in [0.2, 0.25) is 0 Å². The van der Waals surface area contributed by atoms with Crippen molar-refractivity contribution < 1.29 is 25.2 Å². The number of hydrogen-bond donors (Lipinski definition) is 4. The van der Waals surface area contributed by atoms with Crippen LogP contribution in [0.4, 0.5) is 0 Å². The molecule has 26 heavy (non-hydrogen) atoms. The summed E-state index contributed by atoms with van der Waals surface area (Å²) in [5.41, 5.74) is 0. The van der Waals surface area contributed by atoms with E-state index in [2.05, 4.69) is 6.92 Å². The van der Waals surface area contributed by atoms with E-state index in [0.29, 0.717) is 26.1 Å². The second-order valence-electron chi connectivity index (χ2n) is 6.69. The average Bonchev–Trinajstić information content (AvgIpc) is 2.61. The van der Waals surface area contributed by atoms with Gasteiger partial charge in [-0.15, -0.1) is 0 Å². The van der Waals surface area contributed by atoms with Crippen LogP contribution in [-0.2, 0) is 4.79 Å². The first-order chi connectivity index (χ1) is 12.6. The van der Waals surface area contributed by atoms with Gasteiger partial charge in [0.05, 0.1) is 19.8 Å². The van der Waals surface area contributed by atoms with Crippen molar-refractivity contribution >= 4 is 5.97 Å². The number of hydrogen-bond acceptors (Lipinski definition) is 5. The van der Waals surface area contributed by atoms with E-state index < -0.39 is 5.97 Å². The smallest absolute Gasteiger partial charge is 0.303 e. The van der Waals surface area contributed by atoms with Gasteiger partial charge in [0.25, 0.3) is 0 Å². The maximum Gasteiger partial charge on any atom is 0.303 e. The molecule has 0 saturated heterocycles. The number of unbranched alkanes of at least 4 members (excludes halogenated alkanes) is 10. The summed E-state index contributed by atoms with van der Waals surface area (Å²) in [6.45, 7) is 4.00. The molecule has 0 unspecified atom stereocenters. The van der Waals surface area contributed by atoms with Crippen LogP contribution in [0.5, 0.6) is 0 Å². The van der Waals surface area contributed by atoms with Gasteiger partial charge < -0.3 is 20.4 Å². The number of aliphatic hydroxyl groups excluding tert-OH is 3. The molecule has 0 aliphatic heterocycles. The fraction of sp³-hybridized carbons (Fsp3) is 0.950. The molecule has 0 aliphatic rings. The summed E-state index contributed by atoms with van der Waals surface area (Å²) in [7, 11) is 0. The van der Waals surface area contributed by atoms with Gasteiger partial charge in [0.2, 0.25) is 0 Å². The van der Waals surface area contributed by atoms with E-state index in [0.717, 1.165) is 12.8 Å². The molecular weight excluding hydrogens is 334 g/mol. The van der Waals surface area contributed by atoms with Gasteiger partial charge in [-0.05, 0) is 6.42 Å². The molecule has 6 heteroatoms. The number of carbonyl (C=O) groups is 1. The summed E-state index contributed by atoms with van der Waals surface area (Å²) < 4.78 is 0. The van der Waals surface area contributed by atoms with Gasteiger partial charge in [-0.3, -0.25) is 9.69 Å². The predicted molar refractivity (Wildman–Crippen MR) is 106 cm³/mol. The minimum absolute atomic E-state index is 0.0694. The molecule has 158 valence electrons. The van der Waals surface area contributed by atoms with Crippen LogP contribution < -0.4 is 0 Å². The van der Waals surface area contributed by atoms with Crippen LogP contribution in [-0.4, -0.2) is 70.8 Å². The van der Waals surface area contributed by atoms with Gasteiger partial charge in [-0.2, -0.15) is 0 Å². The third kappa shape index (κ3) is 25.5. The molecule has 0 heterocycles. The average molecular weight is 378 g/mol. The maximum atomic E-state index is 10.3. The van der Waals surface area contributed by atoms with Crippen molar-refractivity contribution in [2.75, 3.05) is 39.5 Å². The molecule has 0 aromatic heterocycles. The van der Waals surface area contributed by atoms with Crippen molar-refractivity contribution in [3.8, 4) is 0 Å². The van der Waals surface area contributed by atoms with Crippen LogP contribution in [0.3, 0.4) is 0 Å². The second kappa shape index (κ2) is 24.3.